The Balaban J connectivity index is 2.62. The van der Waals surface area contributed by atoms with Crippen molar-refractivity contribution in [1.29, 1.82) is 0 Å². The van der Waals surface area contributed by atoms with Gasteiger partial charge in [0.15, 0.2) is 0 Å². The van der Waals surface area contributed by atoms with E-state index in [2.05, 4.69) is 4.84 Å². The predicted octanol–water partition coefficient (Wildman–Crippen LogP) is 2.59. The molecule has 0 bridgehead atoms. The Morgan fingerprint density at radius 1 is 1.35 bits per heavy atom. The molecular formula is C11H11F3N2O. The maximum absolute atomic E-state index is 12.6. The molecule has 17 heavy (non-hydrogen) atoms. The minimum Gasteiger partial charge on any atom is -0.350 e. The maximum atomic E-state index is 12.6. The van der Waals surface area contributed by atoms with Gasteiger partial charge in [-0.3, -0.25) is 4.84 Å². The van der Waals surface area contributed by atoms with Crippen molar-refractivity contribution in [3.05, 3.63) is 35.5 Å². The molecule has 0 unspecified atom stereocenters. The van der Waals surface area contributed by atoms with Gasteiger partial charge in [0.2, 0.25) is 0 Å². The summed E-state index contributed by atoms with van der Waals surface area (Å²) in [4.78, 5) is 4.48. The van der Waals surface area contributed by atoms with Crippen LogP contribution in [0.1, 0.15) is 11.1 Å². The van der Waals surface area contributed by atoms with E-state index in [0.717, 1.165) is 12.1 Å². The molecule has 0 aliphatic rings. The van der Waals surface area contributed by atoms with Crippen molar-refractivity contribution >= 4 is 10.9 Å². The number of benzene rings is 1. The molecule has 0 saturated carbocycles. The third kappa shape index (κ3) is 2.13. The average Bonchev–Trinajstić information content (AvgIpc) is 2.55. The number of nitrogens with two attached hydrogens (primary N) is 1. The molecule has 1 aromatic heterocycles. The van der Waals surface area contributed by atoms with E-state index in [4.69, 9.17) is 5.90 Å². The van der Waals surface area contributed by atoms with Crippen molar-refractivity contribution in [3.63, 3.8) is 0 Å². The van der Waals surface area contributed by atoms with Gasteiger partial charge in [-0.1, -0.05) is 0 Å². The molecule has 1 aromatic carbocycles. The summed E-state index contributed by atoms with van der Waals surface area (Å²) < 4.78 is 39.5. The van der Waals surface area contributed by atoms with Gasteiger partial charge in [-0.2, -0.15) is 13.2 Å². The molecule has 2 N–H and O–H groups in total. The number of aromatic nitrogens is 1. The lowest BCUT2D eigenvalue weighted by molar-refractivity contribution is -0.137. The molecule has 92 valence electrons. The van der Waals surface area contributed by atoms with Gasteiger partial charge in [0, 0.05) is 29.7 Å². The SMILES string of the molecule is Cn1cc(CON)c2cc(C(F)(F)F)ccc21. The summed E-state index contributed by atoms with van der Waals surface area (Å²) in [6, 6.07) is 3.62. The Hall–Kier alpha value is -1.53. The van der Waals surface area contributed by atoms with Gasteiger partial charge in [0.1, 0.15) is 0 Å². The molecule has 0 radical (unpaired) electrons. The van der Waals surface area contributed by atoms with Crippen LogP contribution in [-0.4, -0.2) is 4.57 Å². The van der Waals surface area contributed by atoms with E-state index in [1.165, 1.54) is 6.07 Å². The summed E-state index contributed by atoms with van der Waals surface area (Å²) in [5.74, 6) is 4.95. The van der Waals surface area contributed by atoms with E-state index >= 15 is 0 Å². The summed E-state index contributed by atoms with van der Waals surface area (Å²) in [5, 5.41) is 0.507. The zero-order chi connectivity index (χ0) is 12.6. The Kier molecular flexibility index (Phi) is 2.84. The molecule has 2 aromatic rings. The van der Waals surface area contributed by atoms with E-state index in [1.807, 2.05) is 0 Å². The van der Waals surface area contributed by atoms with Crippen LogP contribution in [0.5, 0.6) is 0 Å². The molecule has 1 heterocycles. The number of rotatable bonds is 2. The number of hydrogen-bond acceptors (Lipinski definition) is 2. The second-order valence-electron chi connectivity index (χ2n) is 3.81. The first-order chi connectivity index (χ1) is 7.93. The predicted molar refractivity (Wildman–Crippen MR) is 56.9 cm³/mol. The third-order valence-electron chi connectivity index (χ3n) is 2.64. The molecule has 0 saturated heterocycles. The first kappa shape index (κ1) is 11.9. The summed E-state index contributed by atoms with van der Waals surface area (Å²) in [6.45, 7) is 0.0820. The zero-order valence-electron chi connectivity index (χ0n) is 9.08. The normalized spacial score (nSPS) is 12.3. The smallest absolute Gasteiger partial charge is 0.350 e. The van der Waals surface area contributed by atoms with Crippen LogP contribution in [-0.2, 0) is 24.7 Å². The highest BCUT2D eigenvalue weighted by atomic mass is 19.4. The first-order valence-corrected chi connectivity index (χ1v) is 4.90. The fraction of sp³-hybridized carbons (Fsp3) is 0.273. The Morgan fingerprint density at radius 2 is 2.06 bits per heavy atom. The average molecular weight is 244 g/mol. The number of fused-ring (bicyclic) bond motifs is 1. The van der Waals surface area contributed by atoms with Crippen molar-refractivity contribution in [3.8, 4) is 0 Å². The molecule has 0 spiro atoms. The number of nitrogens with zero attached hydrogens (tertiary/aromatic N) is 1. The highest BCUT2D eigenvalue weighted by Gasteiger charge is 2.30. The third-order valence-corrected chi connectivity index (χ3v) is 2.64. The highest BCUT2D eigenvalue weighted by Crippen LogP contribution is 2.32. The minimum absolute atomic E-state index is 0.0820. The van der Waals surface area contributed by atoms with E-state index in [1.54, 1.807) is 17.8 Å². The van der Waals surface area contributed by atoms with Gasteiger partial charge < -0.3 is 4.57 Å². The first-order valence-electron chi connectivity index (χ1n) is 4.90. The van der Waals surface area contributed by atoms with Crippen molar-refractivity contribution in [1.82, 2.24) is 4.57 Å². The topological polar surface area (TPSA) is 40.2 Å². The largest absolute Gasteiger partial charge is 0.416 e. The lowest BCUT2D eigenvalue weighted by Gasteiger charge is -2.07. The van der Waals surface area contributed by atoms with Crippen LogP contribution in [0.15, 0.2) is 24.4 Å². The molecule has 0 atom stereocenters. The second-order valence-corrected chi connectivity index (χ2v) is 3.81. The van der Waals surface area contributed by atoms with Crippen molar-refractivity contribution in [2.75, 3.05) is 0 Å². The van der Waals surface area contributed by atoms with E-state index in [0.29, 0.717) is 16.5 Å². The molecule has 6 heteroatoms. The number of aryl methyl sites for hydroxylation is 1. The van der Waals surface area contributed by atoms with Gasteiger partial charge in [0.05, 0.1) is 12.2 Å². The quantitative estimate of drug-likeness (QED) is 0.825. The van der Waals surface area contributed by atoms with Crippen molar-refractivity contribution in [2.24, 2.45) is 12.9 Å². The van der Waals surface area contributed by atoms with Gasteiger partial charge >= 0.3 is 6.18 Å². The number of hydrogen-bond donors (Lipinski definition) is 1. The Morgan fingerprint density at radius 3 is 2.65 bits per heavy atom. The van der Waals surface area contributed by atoms with E-state index < -0.39 is 11.7 Å². The molecule has 0 aliphatic carbocycles. The van der Waals surface area contributed by atoms with Gasteiger partial charge in [0.25, 0.3) is 0 Å². The lowest BCUT2D eigenvalue weighted by Crippen LogP contribution is -2.04. The number of halogens is 3. The van der Waals surface area contributed by atoms with Gasteiger partial charge in [-0.05, 0) is 18.2 Å². The van der Waals surface area contributed by atoms with Crippen LogP contribution >= 0.6 is 0 Å². The molecule has 0 amide bonds. The fourth-order valence-corrected chi connectivity index (χ4v) is 1.85. The van der Waals surface area contributed by atoms with Crippen molar-refractivity contribution in [2.45, 2.75) is 12.8 Å². The van der Waals surface area contributed by atoms with Crippen molar-refractivity contribution < 1.29 is 18.0 Å². The monoisotopic (exact) mass is 244 g/mol. The minimum atomic E-state index is -4.34. The molecule has 0 aliphatic heterocycles. The van der Waals surface area contributed by atoms with Gasteiger partial charge in [-0.25, -0.2) is 5.90 Å². The fourth-order valence-electron chi connectivity index (χ4n) is 1.85. The van der Waals surface area contributed by atoms with Crippen LogP contribution in [0.3, 0.4) is 0 Å². The van der Waals surface area contributed by atoms with Crippen LogP contribution in [0.25, 0.3) is 10.9 Å². The maximum Gasteiger partial charge on any atom is 0.416 e. The Labute approximate surface area is 95.5 Å². The van der Waals surface area contributed by atoms with Crippen LogP contribution in [0.2, 0.25) is 0 Å². The molecule has 3 nitrogen and oxygen atoms in total. The molecule has 0 fully saturated rings. The lowest BCUT2D eigenvalue weighted by atomic mass is 10.1. The van der Waals surface area contributed by atoms with Gasteiger partial charge in [-0.15, -0.1) is 0 Å². The number of alkyl halides is 3. The van der Waals surface area contributed by atoms with Crippen LogP contribution in [0.4, 0.5) is 13.2 Å². The molecular weight excluding hydrogens is 233 g/mol. The van der Waals surface area contributed by atoms with E-state index in [-0.39, 0.29) is 6.61 Å². The standard InChI is InChI=1S/C11H11F3N2O/c1-16-5-7(6-17-15)9-4-8(11(12,13)14)2-3-10(9)16/h2-5H,6,15H2,1H3. The zero-order valence-corrected chi connectivity index (χ0v) is 9.08. The summed E-state index contributed by atoms with van der Waals surface area (Å²) in [6.07, 6.45) is -2.64. The summed E-state index contributed by atoms with van der Waals surface area (Å²) >= 11 is 0. The molecule has 2 rings (SSSR count). The summed E-state index contributed by atoms with van der Waals surface area (Å²) in [7, 11) is 1.76. The Bertz CT molecular complexity index is 545. The van der Waals surface area contributed by atoms with Crippen LogP contribution < -0.4 is 5.90 Å². The summed E-state index contributed by atoms with van der Waals surface area (Å²) in [5.41, 5.74) is 0.677. The highest BCUT2D eigenvalue weighted by molar-refractivity contribution is 5.84. The van der Waals surface area contributed by atoms with E-state index in [9.17, 15) is 13.2 Å². The second kappa shape index (κ2) is 4.05. The van der Waals surface area contributed by atoms with Crippen LogP contribution in [0, 0.1) is 0 Å².